The number of aromatic nitrogens is 1. The predicted octanol–water partition coefficient (Wildman–Crippen LogP) is 1.91. The van der Waals surface area contributed by atoms with Crippen LogP contribution in [0.4, 0.5) is 11.4 Å². The molecule has 0 saturated carbocycles. The van der Waals surface area contributed by atoms with Gasteiger partial charge in [-0.05, 0) is 36.2 Å². The van der Waals surface area contributed by atoms with Crippen LogP contribution in [0.3, 0.4) is 0 Å². The highest BCUT2D eigenvalue weighted by molar-refractivity contribution is 7.91. The smallest absolute Gasteiger partial charge is 0.236 e. The van der Waals surface area contributed by atoms with Crippen LogP contribution in [0.15, 0.2) is 42.7 Å². The number of aryl methyl sites for hydroxylation is 1. The second-order valence-electron chi connectivity index (χ2n) is 4.36. The van der Waals surface area contributed by atoms with Gasteiger partial charge < -0.3 is 5.73 Å². The second kappa shape index (κ2) is 5.27. The van der Waals surface area contributed by atoms with E-state index in [1.54, 1.807) is 36.5 Å². The number of benzene rings is 1. The van der Waals surface area contributed by atoms with Crippen molar-refractivity contribution < 1.29 is 8.42 Å². The lowest BCUT2D eigenvalue weighted by Gasteiger charge is -2.08. The normalized spacial score (nSPS) is 11.2. The molecule has 19 heavy (non-hydrogen) atoms. The molecule has 3 N–H and O–H groups in total. The van der Waals surface area contributed by atoms with Gasteiger partial charge in [0.25, 0.3) is 0 Å². The van der Waals surface area contributed by atoms with Crippen LogP contribution in [0.2, 0.25) is 0 Å². The lowest BCUT2D eigenvalue weighted by atomic mass is 10.2. The number of sulfonamides is 1. The van der Waals surface area contributed by atoms with E-state index in [2.05, 4.69) is 9.71 Å². The van der Waals surface area contributed by atoms with Crippen LogP contribution in [0.1, 0.15) is 11.1 Å². The van der Waals surface area contributed by atoms with Gasteiger partial charge in [0.1, 0.15) is 0 Å². The molecule has 0 aliphatic heterocycles. The van der Waals surface area contributed by atoms with Gasteiger partial charge in [0.2, 0.25) is 10.0 Å². The molecule has 0 aliphatic carbocycles. The summed E-state index contributed by atoms with van der Waals surface area (Å²) in [7, 11) is -3.47. The van der Waals surface area contributed by atoms with E-state index in [1.165, 1.54) is 6.20 Å². The van der Waals surface area contributed by atoms with E-state index in [0.717, 1.165) is 5.56 Å². The summed E-state index contributed by atoms with van der Waals surface area (Å²) in [6.45, 7) is 1.85. The maximum atomic E-state index is 12.0. The highest BCUT2D eigenvalue weighted by Crippen LogP contribution is 2.14. The zero-order valence-electron chi connectivity index (χ0n) is 10.5. The summed E-state index contributed by atoms with van der Waals surface area (Å²) in [5.41, 5.74) is 8.17. The Bertz CT molecular complexity index is 630. The van der Waals surface area contributed by atoms with E-state index in [9.17, 15) is 8.42 Å². The first-order valence-electron chi connectivity index (χ1n) is 5.71. The SMILES string of the molecule is Cc1cncc(NS(=O)(=O)Cc2cccc(N)c2)c1. The molecular formula is C13H15N3O2S. The van der Waals surface area contributed by atoms with Crippen LogP contribution in [0.5, 0.6) is 0 Å². The quantitative estimate of drug-likeness (QED) is 0.836. The fourth-order valence-electron chi connectivity index (χ4n) is 1.73. The number of rotatable bonds is 4. The van der Waals surface area contributed by atoms with Gasteiger partial charge in [-0.2, -0.15) is 0 Å². The predicted molar refractivity (Wildman–Crippen MR) is 76.1 cm³/mol. The molecule has 0 atom stereocenters. The second-order valence-corrected chi connectivity index (χ2v) is 6.08. The molecule has 0 amide bonds. The summed E-state index contributed by atoms with van der Waals surface area (Å²) in [5, 5.41) is 0. The van der Waals surface area contributed by atoms with Gasteiger partial charge in [-0.15, -0.1) is 0 Å². The maximum absolute atomic E-state index is 12.0. The first-order chi connectivity index (χ1) is 8.94. The molecule has 2 rings (SSSR count). The van der Waals surface area contributed by atoms with Crippen LogP contribution >= 0.6 is 0 Å². The van der Waals surface area contributed by atoms with Crippen LogP contribution < -0.4 is 10.5 Å². The molecule has 6 heteroatoms. The molecule has 0 unspecified atom stereocenters. The number of pyridine rings is 1. The van der Waals surface area contributed by atoms with Crippen molar-refractivity contribution in [3.05, 3.63) is 53.9 Å². The number of nitrogens with one attached hydrogen (secondary N) is 1. The Kier molecular flexibility index (Phi) is 3.71. The number of nitrogens with two attached hydrogens (primary N) is 1. The van der Waals surface area contributed by atoms with Crippen molar-refractivity contribution in [3.8, 4) is 0 Å². The Morgan fingerprint density at radius 1 is 1.26 bits per heavy atom. The number of hydrogen-bond donors (Lipinski definition) is 2. The molecule has 0 aliphatic rings. The van der Waals surface area contributed by atoms with E-state index in [4.69, 9.17) is 5.73 Å². The van der Waals surface area contributed by atoms with Crippen molar-refractivity contribution in [2.75, 3.05) is 10.5 Å². The van der Waals surface area contributed by atoms with Crippen molar-refractivity contribution >= 4 is 21.4 Å². The number of hydrogen-bond acceptors (Lipinski definition) is 4. The Hall–Kier alpha value is -2.08. The number of nitrogens with zero attached hydrogens (tertiary/aromatic N) is 1. The summed E-state index contributed by atoms with van der Waals surface area (Å²) >= 11 is 0. The fourth-order valence-corrected chi connectivity index (χ4v) is 2.89. The Labute approximate surface area is 112 Å². The summed E-state index contributed by atoms with van der Waals surface area (Å²) in [5.74, 6) is -0.119. The average molecular weight is 277 g/mol. The molecule has 0 bridgehead atoms. The van der Waals surface area contributed by atoms with E-state index >= 15 is 0 Å². The van der Waals surface area contributed by atoms with Gasteiger partial charge in [0.15, 0.2) is 0 Å². The zero-order valence-corrected chi connectivity index (χ0v) is 11.3. The standard InChI is InChI=1S/C13H15N3O2S/c1-10-5-13(8-15-7-10)16-19(17,18)9-11-3-2-4-12(14)6-11/h2-8,16H,9,14H2,1H3. The van der Waals surface area contributed by atoms with Gasteiger partial charge in [0.05, 0.1) is 17.6 Å². The third kappa shape index (κ3) is 3.96. The van der Waals surface area contributed by atoms with Gasteiger partial charge in [-0.3, -0.25) is 9.71 Å². The van der Waals surface area contributed by atoms with Crippen LogP contribution in [-0.2, 0) is 15.8 Å². The van der Waals surface area contributed by atoms with Crippen LogP contribution in [-0.4, -0.2) is 13.4 Å². The topological polar surface area (TPSA) is 85.1 Å². The summed E-state index contributed by atoms with van der Waals surface area (Å²) in [6.07, 6.45) is 3.14. The number of anilines is 2. The first-order valence-corrected chi connectivity index (χ1v) is 7.36. The van der Waals surface area contributed by atoms with Crippen molar-refractivity contribution in [1.29, 1.82) is 0 Å². The molecule has 1 aromatic heterocycles. The Morgan fingerprint density at radius 3 is 2.74 bits per heavy atom. The largest absolute Gasteiger partial charge is 0.399 e. The minimum absolute atomic E-state index is 0.119. The van der Waals surface area contributed by atoms with E-state index < -0.39 is 10.0 Å². The zero-order chi connectivity index (χ0) is 13.9. The third-order valence-electron chi connectivity index (χ3n) is 2.46. The molecule has 5 nitrogen and oxygen atoms in total. The fraction of sp³-hybridized carbons (Fsp3) is 0.154. The first kappa shape index (κ1) is 13.4. The minimum atomic E-state index is -3.47. The molecular weight excluding hydrogens is 262 g/mol. The van der Waals surface area contributed by atoms with Crippen molar-refractivity contribution in [1.82, 2.24) is 4.98 Å². The molecule has 0 fully saturated rings. The Morgan fingerprint density at radius 2 is 2.05 bits per heavy atom. The van der Waals surface area contributed by atoms with Crippen molar-refractivity contribution in [2.45, 2.75) is 12.7 Å². The molecule has 0 spiro atoms. The van der Waals surface area contributed by atoms with E-state index in [-0.39, 0.29) is 5.75 Å². The average Bonchev–Trinajstić information content (AvgIpc) is 2.27. The monoisotopic (exact) mass is 277 g/mol. The summed E-state index contributed by atoms with van der Waals surface area (Å²) in [4.78, 5) is 3.94. The molecule has 1 heterocycles. The van der Waals surface area contributed by atoms with Gasteiger partial charge in [-0.1, -0.05) is 12.1 Å². The van der Waals surface area contributed by atoms with Gasteiger partial charge >= 0.3 is 0 Å². The molecule has 0 saturated heterocycles. The lowest BCUT2D eigenvalue weighted by Crippen LogP contribution is -2.15. The van der Waals surface area contributed by atoms with Gasteiger partial charge in [0, 0.05) is 11.9 Å². The maximum Gasteiger partial charge on any atom is 0.236 e. The summed E-state index contributed by atoms with van der Waals surface area (Å²) < 4.78 is 26.5. The molecule has 2 aromatic rings. The van der Waals surface area contributed by atoms with Crippen molar-refractivity contribution in [3.63, 3.8) is 0 Å². The highest BCUT2D eigenvalue weighted by Gasteiger charge is 2.12. The van der Waals surface area contributed by atoms with E-state index in [0.29, 0.717) is 16.9 Å². The molecule has 100 valence electrons. The molecule has 1 aromatic carbocycles. The highest BCUT2D eigenvalue weighted by atomic mass is 32.2. The van der Waals surface area contributed by atoms with E-state index in [1.807, 2.05) is 6.92 Å². The molecule has 0 radical (unpaired) electrons. The number of nitrogen functional groups attached to an aromatic ring is 1. The van der Waals surface area contributed by atoms with Gasteiger partial charge in [-0.25, -0.2) is 8.42 Å². The van der Waals surface area contributed by atoms with Crippen LogP contribution in [0, 0.1) is 6.92 Å². The van der Waals surface area contributed by atoms with Crippen LogP contribution in [0.25, 0.3) is 0 Å². The summed E-state index contributed by atoms with van der Waals surface area (Å²) in [6, 6.07) is 8.55. The lowest BCUT2D eigenvalue weighted by molar-refractivity contribution is 0.600. The van der Waals surface area contributed by atoms with Crippen molar-refractivity contribution in [2.24, 2.45) is 0 Å². The third-order valence-corrected chi connectivity index (χ3v) is 3.72. The Balaban J connectivity index is 2.15. The minimum Gasteiger partial charge on any atom is -0.399 e.